The Hall–Kier alpha value is -1.20. The molecule has 0 spiro atoms. The molecule has 1 aliphatic carbocycles. The van der Waals surface area contributed by atoms with Gasteiger partial charge in [-0.05, 0) is 24.0 Å². The molecular formula is C20H31NO3. The lowest BCUT2D eigenvalue weighted by Gasteiger charge is -2.33. The summed E-state index contributed by atoms with van der Waals surface area (Å²) in [5, 5.41) is 30.3. The second-order valence-corrected chi connectivity index (χ2v) is 6.95. The van der Waals surface area contributed by atoms with Crippen LogP contribution in [-0.2, 0) is 6.61 Å². The normalized spacial score (nSPS) is 19.4. The summed E-state index contributed by atoms with van der Waals surface area (Å²) in [6, 6.07) is 7.77. The van der Waals surface area contributed by atoms with Crippen LogP contribution in [0.25, 0.3) is 0 Å². The summed E-state index contributed by atoms with van der Waals surface area (Å²) in [6.45, 7) is 7.04. The Kier molecular flexibility index (Phi) is 7.43. The van der Waals surface area contributed by atoms with Crippen molar-refractivity contribution in [3.8, 4) is 0 Å². The van der Waals surface area contributed by atoms with Crippen LogP contribution < -0.4 is 0 Å². The SMILES string of the molecule is C=CCN(C[C@H](O)[C@@H](C)[C@H](O)c1ccc(CO)cc1)C1CCCC1. The number of benzene rings is 1. The summed E-state index contributed by atoms with van der Waals surface area (Å²) in [5.74, 6) is -0.265. The average molecular weight is 333 g/mol. The molecule has 24 heavy (non-hydrogen) atoms. The zero-order valence-corrected chi connectivity index (χ0v) is 14.6. The largest absolute Gasteiger partial charge is 0.392 e. The van der Waals surface area contributed by atoms with Gasteiger partial charge in [-0.1, -0.05) is 50.1 Å². The minimum Gasteiger partial charge on any atom is -0.392 e. The molecule has 1 aromatic carbocycles. The highest BCUT2D eigenvalue weighted by atomic mass is 16.3. The van der Waals surface area contributed by atoms with Crippen molar-refractivity contribution in [1.82, 2.24) is 4.90 Å². The molecule has 0 bridgehead atoms. The van der Waals surface area contributed by atoms with E-state index in [0.717, 1.165) is 17.7 Å². The van der Waals surface area contributed by atoms with Crippen LogP contribution in [0.2, 0.25) is 0 Å². The first-order chi connectivity index (χ1) is 11.6. The van der Waals surface area contributed by atoms with Crippen LogP contribution in [0.5, 0.6) is 0 Å². The lowest BCUT2D eigenvalue weighted by atomic mass is 9.91. The number of aliphatic hydroxyl groups excluding tert-OH is 3. The molecule has 1 fully saturated rings. The van der Waals surface area contributed by atoms with Crippen LogP contribution in [0.1, 0.15) is 49.8 Å². The van der Waals surface area contributed by atoms with E-state index in [1.165, 1.54) is 25.7 Å². The molecule has 0 radical (unpaired) electrons. The van der Waals surface area contributed by atoms with Crippen molar-refractivity contribution in [2.75, 3.05) is 13.1 Å². The van der Waals surface area contributed by atoms with Crippen molar-refractivity contribution in [2.24, 2.45) is 5.92 Å². The first-order valence-electron chi connectivity index (χ1n) is 8.97. The van der Waals surface area contributed by atoms with Gasteiger partial charge in [-0.3, -0.25) is 4.90 Å². The first kappa shape index (κ1) is 19.1. The van der Waals surface area contributed by atoms with Gasteiger partial charge in [0.1, 0.15) is 0 Å². The fraction of sp³-hybridized carbons (Fsp3) is 0.600. The molecule has 0 saturated heterocycles. The van der Waals surface area contributed by atoms with Crippen molar-refractivity contribution in [3.05, 3.63) is 48.0 Å². The number of aliphatic hydroxyl groups is 3. The summed E-state index contributed by atoms with van der Waals surface area (Å²) in [4.78, 5) is 2.29. The van der Waals surface area contributed by atoms with E-state index >= 15 is 0 Å². The summed E-state index contributed by atoms with van der Waals surface area (Å²) in [7, 11) is 0. The van der Waals surface area contributed by atoms with Gasteiger partial charge in [0.15, 0.2) is 0 Å². The molecule has 1 aliphatic rings. The van der Waals surface area contributed by atoms with Crippen molar-refractivity contribution < 1.29 is 15.3 Å². The van der Waals surface area contributed by atoms with Gasteiger partial charge >= 0.3 is 0 Å². The molecule has 1 aromatic rings. The second-order valence-electron chi connectivity index (χ2n) is 6.95. The van der Waals surface area contributed by atoms with Crippen LogP contribution in [0, 0.1) is 5.92 Å². The predicted octanol–water partition coefficient (Wildman–Crippen LogP) is 2.64. The Bertz CT molecular complexity index is 496. The van der Waals surface area contributed by atoms with Gasteiger partial charge in [0.05, 0.1) is 18.8 Å². The van der Waals surface area contributed by atoms with Crippen LogP contribution >= 0.6 is 0 Å². The van der Waals surface area contributed by atoms with Crippen LogP contribution in [0.3, 0.4) is 0 Å². The number of hydrogen-bond donors (Lipinski definition) is 3. The van der Waals surface area contributed by atoms with Gasteiger partial charge in [0, 0.05) is 25.0 Å². The molecule has 0 aromatic heterocycles. The van der Waals surface area contributed by atoms with E-state index in [2.05, 4.69) is 11.5 Å². The highest BCUT2D eigenvalue weighted by Gasteiger charge is 2.29. The smallest absolute Gasteiger partial charge is 0.0840 e. The second kappa shape index (κ2) is 9.33. The molecule has 4 heteroatoms. The van der Waals surface area contributed by atoms with Gasteiger partial charge in [0.2, 0.25) is 0 Å². The van der Waals surface area contributed by atoms with E-state index in [9.17, 15) is 10.2 Å². The van der Waals surface area contributed by atoms with Crippen molar-refractivity contribution in [2.45, 2.75) is 57.5 Å². The Morgan fingerprint density at radius 1 is 1.21 bits per heavy atom. The first-order valence-corrected chi connectivity index (χ1v) is 8.97. The monoisotopic (exact) mass is 333 g/mol. The molecule has 1 saturated carbocycles. The van der Waals surface area contributed by atoms with Crippen molar-refractivity contribution in [3.63, 3.8) is 0 Å². The van der Waals surface area contributed by atoms with Gasteiger partial charge < -0.3 is 15.3 Å². The van der Waals surface area contributed by atoms with Gasteiger partial charge in [-0.15, -0.1) is 6.58 Å². The third kappa shape index (κ3) is 4.90. The Morgan fingerprint density at radius 3 is 2.38 bits per heavy atom. The fourth-order valence-corrected chi connectivity index (χ4v) is 3.55. The zero-order chi connectivity index (χ0) is 17.5. The molecule has 0 unspecified atom stereocenters. The molecule has 3 N–H and O–H groups in total. The van der Waals surface area contributed by atoms with Crippen molar-refractivity contribution >= 4 is 0 Å². The van der Waals surface area contributed by atoms with Crippen LogP contribution in [-0.4, -0.2) is 45.5 Å². The fourth-order valence-electron chi connectivity index (χ4n) is 3.55. The minimum absolute atomic E-state index is 0.00748. The highest BCUT2D eigenvalue weighted by Crippen LogP contribution is 2.28. The predicted molar refractivity (Wildman–Crippen MR) is 96.5 cm³/mol. The van der Waals surface area contributed by atoms with E-state index in [0.29, 0.717) is 12.6 Å². The third-order valence-corrected chi connectivity index (χ3v) is 5.24. The third-order valence-electron chi connectivity index (χ3n) is 5.24. The van der Waals surface area contributed by atoms with Crippen LogP contribution in [0.15, 0.2) is 36.9 Å². The molecule has 0 heterocycles. The van der Waals surface area contributed by atoms with Crippen molar-refractivity contribution in [1.29, 1.82) is 0 Å². The lowest BCUT2D eigenvalue weighted by Crippen LogP contribution is -2.42. The van der Waals surface area contributed by atoms with Gasteiger partial charge in [0.25, 0.3) is 0 Å². The van der Waals surface area contributed by atoms with E-state index in [1.54, 1.807) is 12.1 Å². The molecule has 0 amide bonds. The van der Waals surface area contributed by atoms with Gasteiger partial charge in [-0.2, -0.15) is 0 Å². The molecule has 3 atom stereocenters. The maximum absolute atomic E-state index is 10.6. The maximum atomic E-state index is 10.6. The molecule has 2 rings (SSSR count). The summed E-state index contributed by atoms with van der Waals surface area (Å²) in [6.07, 6.45) is 5.44. The number of rotatable bonds is 9. The molecular weight excluding hydrogens is 302 g/mol. The molecule has 134 valence electrons. The summed E-state index contributed by atoms with van der Waals surface area (Å²) < 4.78 is 0. The number of hydrogen-bond acceptors (Lipinski definition) is 4. The summed E-state index contributed by atoms with van der Waals surface area (Å²) in [5.41, 5.74) is 1.59. The Balaban J connectivity index is 1.97. The zero-order valence-electron chi connectivity index (χ0n) is 14.6. The van der Waals surface area contributed by atoms with E-state index in [4.69, 9.17) is 5.11 Å². The van der Waals surface area contributed by atoms with E-state index in [1.807, 2.05) is 25.1 Å². The van der Waals surface area contributed by atoms with E-state index < -0.39 is 12.2 Å². The Labute approximate surface area is 145 Å². The lowest BCUT2D eigenvalue weighted by molar-refractivity contribution is -0.00323. The van der Waals surface area contributed by atoms with E-state index in [-0.39, 0.29) is 12.5 Å². The molecule has 0 aliphatic heterocycles. The average Bonchev–Trinajstić information content (AvgIpc) is 3.14. The quantitative estimate of drug-likeness (QED) is 0.608. The Morgan fingerprint density at radius 2 is 1.83 bits per heavy atom. The highest BCUT2D eigenvalue weighted by molar-refractivity contribution is 5.24. The summed E-state index contributed by atoms with van der Waals surface area (Å²) >= 11 is 0. The molecule has 4 nitrogen and oxygen atoms in total. The maximum Gasteiger partial charge on any atom is 0.0840 e. The number of nitrogens with zero attached hydrogens (tertiary/aromatic N) is 1. The van der Waals surface area contributed by atoms with Crippen LogP contribution in [0.4, 0.5) is 0 Å². The minimum atomic E-state index is -0.720. The van der Waals surface area contributed by atoms with Gasteiger partial charge in [-0.25, -0.2) is 0 Å². The topological polar surface area (TPSA) is 63.9 Å². The standard InChI is InChI=1S/C20H31NO3/c1-3-12-21(18-6-4-5-7-18)13-19(23)15(2)20(24)17-10-8-16(14-22)9-11-17/h3,8-11,15,18-20,22-24H,1,4-7,12-14H2,2H3/t15-,19+,20+/m1/s1.